The highest BCUT2D eigenvalue weighted by Crippen LogP contribution is 2.39. The van der Waals surface area contributed by atoms with Gasteiger partial charge in [0.25, 0.3) is 0 Å². The van der Waals surface area contributed by atoms with Crippen molar-refractivity contribution in [1.82, 2.24) is 4.90 Å². The first-order valence-electron chi connectivity index (χ1n) is 8.63. The molecule has 0 N–H and O–H groups in total. The summed E-state index contributed by atoms with van der Waals surface area (Å²) in [7, 11) is 0. The van der Waals surface area contributed by atoms with Gasteiger partial charge >= 0.3 is 5.97 Å². The first-order chi connectivity index (χ1) is 12.6. The van der Waals surface area contributed by atoms with Crippen molar-refractivity contribution in [2.45, 2.75) is 32.2 Å². The molecule has 26 heavy (non-hydrogen) atoms. The quantitative estimate of drug-likeness (QED) is 0.483. The van der Waals surface area contributed by atoms with Crippen LogP contribution in [0.2, 0.25) is 0 Å². The zero-order valence-electron chi connectivity index (χ0n) is 14.4. The number of ether oxygens (including phenoxy) is 2. The molecule has 4 rings (SSSR count). The van der Waals surface area contributed by atoms with Crippen LogP contribution in [0, 0.1) is 0 Å². The Labute approximate surface area is 151 Å². The number of β-lactam (4-membered cyclic amide) rings is 1. The fraction of sp³-hybridized carbons (Fsp3) is 0.238. The van der Waals surface area contributed by atoms with Crippen LogP contribution in [-0.2, 0) is 25.7 Å². The molecule has 0 aliphatic carbocycles. The van der Waals surface area contributed by atoms with Crippen LogP contribution in [0.1, 0.15) is 24.5 Å². The molecule has 2 saturated heterocycles. The average Bonchev–Trinajstić information content (AvgIpc) is 2.92. The molecule has 2 fully saturated rings. The number of nitrogens with zero attached hydrogens (tertiary/aromatic N) is 1. The highest BCUT2D eigenvalue weighted by atomic mass is 16.5. The normalized spacial score (nSPS) is 23.0. The van der Waals surface area contributed by atoms with E-state index < -0.39 is 5.97 Å². The minimum Gasteiger partial charge on any atom is -0.471 e. The number of benzene rings is 2. The van der Waals surface area contributed by atoms with E-state index in [1.54, 1.807) is 4.90 Å². The van der Waals surface area contributed by atoms with Crippen LogP contribution in [0.4, 0.5) is 0 Å². The van der Waals surface area contributed by atoms with Gasteiger partial charge in [-0.25, -0.2) is 4.79 Å². The molecule has 0 bridgehead atoms. The van der Waals surface area contributed by atoms with E-state index in [1.165, 1.54) is 0 Å². The first-order valence-corrected chi connectivity index (χ1v) is 8.63. The Balaban J connectivity index is 1.65. The van der Waals surface area contributed by atoms with Crippen molar-refractivity contribution in [2.24, 2.45) is 0 Å². The summed E-state index contributed by atoms with van der Waals surface area (Å²) >= 11 is 0. The number of esters is 1. The maximum atomic E-state index is 12.9. The van der Waals surface area contributed by atoms with Crippen LogP contribution in [-0.4, -0.2) is 29.0 Å². The predicted octanol–water partition coefficient (Wildman–Crippen LogP) is 3.12. The molecule has 132 valence electrons. The van der Waals surface area contributed by atoms with Crippen molar-refractivity contribution in [1.29, 1.82) is 0 Å². The average molecular weight is 349 g/mol. The van der Waals surface area contributed by atoms with Gasteiger partial charge in [-0.1, -0.05) is 60.7 Å². The number of amides is 1. The second-order valence-electron chi connectivity index (χ2n) is 6.42. The molecule has 2 aliphatic rings. The minimum absolute atomic E-state index is 0.0440. The Morgan fingerprint density at radius 3 is 2.38 bits per heavy atom. The number of rotatable bonds is 4. The van der Waals surface area contributed by atoms with Crippen LogP contribution in [0.5, 0.6) is 0 Å². The number of fused-ring (bicyclic) bond motifs is 1. The Bertz CT molecular complexity index is 860. The van der Waals surface area contributed by atoms with Crippen LogP contribution < -0.4 is 0 Å². The smallest absolute Gasteiger partial charge is 0.342 e. The van der Waals surface area contributed by atoms with E-state index in [2.05, 4.69) is 0 Å². The van der Waals surface area contributed by atoms with E-state index in [1.807, 2.05) is 67.6 Å². The highest BCUT2D eigenvalue weighted by Gasteiger charge is 2.50. The van der Waals surface area contributed by atoms with Crippen molar-refractivity contribution >= 4 is 17.4 Å². The van der Waals surface area contributed by atoms with Crippen LogP contribution >= 0.6 is 0 Å². The van der Waals surface area contributed by atoms with Crippen molar-refractivity contribution in [3.63, 3.8) is 0 Å². The van der Waals surface area contributed by atoms with Crippen molar-refractivity contribution < 1.29 is 19.1 Å². The molecule has 5 heteroatoms. The molecule has 2 heterocycles. The topological polar surface area (TPSA) is 55.8 Å². The van der Waals surface area contributed by atoms with E-state index in [0.29, 0.717) is 17.8 Å². The van der Waals surface area contributed by atoms with Crippen LogP contribution in [0.3, 0.4) is 0 Å². The fourth-order valence-electron chi connectivity index (χ4n) is 3.37. The summed E-state index contributed by atoms with van der Waals surface area (Å²) in [5, 5.41) is 0. The monoisotopic (exact) mass is 349 g/mol. The summed E-state index contributed by atoms with van der Waals surface area (Å²) in [6, 6.07) is 18.6. The van der Waals surface area contributed by atoms with Gasteiger partial charge in [-0.05, 0) is 18.1 Å². The maximum Gasteiger partial charge on any atom is 0.342 e. The SMILES string of the molecule is CC1/C(=C(\C(=O)OCc2ccccc2)c2ccccc2)OC2CC(=O)N21. The molecule has 5 nitrogen and oxygen atoms in total. The number of carbonyl (C=O) groups is 2. The zero-order chi connectivity index (χ0) is 18.1. The van der Waals surface area contributed by atoms with Crippen LogP contribution in [0.25, 0.3) is 5.57 Å². The molecule has 2 aromatic rings. The van der Waals surface area contributed by atoms with Crippen molar-refractivity contribution in [3.8, 4) is 0 Å². The molecule has 0 aromatic heterocycles. The van der Waals surface area contributed by atoms with E-state index in [-0.39, 0.29) is 24.8 Å². The summed E-state index contributed by atoms with van der Waals surface area (Å²) in [4.78, 5) is 26.4. The summed E-state index contributed by atoms with van der Waals surface area (Å²) in [5.41, 5.74) is 2.02. The first kappa shape index (κ1) is 16.4. The largest absolute Gasteiger partial charge is 0.471 e. The molecule has 0 radical (unpaired) electrons. The molecule has 2 atom stereocenters. The molecular formula is C21H19NO4. The summed E-state index contributed by atoms with van der Waals surface area (Å²) in [6.45, 7) is 2.06. The number of hydrogen-bond acceptors (Lipinski definition) is 4. The highest BCUT2D eigenvalue weighted by molar-refractivity contribution is 6.17. The Kier molecular flexibility index (Phi) is 4.21. The van der Waals surface area contributed by atoms with Crippen molar-refractivity contribution in [2.75, 3.05) is 0 Å². The van der Waals surface area contributed by atoms with Gasteiger partial charge in [-0.2, -0.15) is 0 Å². The van der Waals surface area contributed by atoms with Crippen LogP contribution in [0.15, 0.2) is 66.4 Å². The Hall–Kier alpha value is -3.08. The Morgan fingerprint density at radius 1 is 1.12 bits per heavy atom. The number of carbonyl (C=O) groups excluding carboxylic acids is 2. The lowest BCUT2D eigenvalue weighted by Gasteiger charge is -2.33. The van der Waals surface area contributed by atoms with Crippen molar-refractivity contribution in [3.05, 3.63) is 77.5 Å². The van der Waals surface area contributed by atoms with Gasteiger partial charge in [0.05, 0.1) is 12.5 Å². The van der Waals surface area contributed by atoms with Gasteiger partial charge in [-0.3, -0.25) is 9.69 Å². The van der Waals surface area contributed by atoms with Gasteiger partial charge in [0.15, 0.2) is 6.23 Å². The molecule has 2 aliphatic heterocycles. The maximum absolute atomic E-state index is 12.9. The summed E-state index contributed by atoms with van der Waals surface area (Å²) in [5.74, 6) is 0.101. The van der Waals surface area contributed by atoms with E-state index in [9.17, 15) is 9.59 Å². The zero-order valence-corrected chi connectivity index (χ0v) is 14.4. The lowest BCUT2D eigenvalue weighted by Crippen LogP contribution is -2.51. The standard InChI is InChI=1S/C21H19NO4/c1-14-20(26-18-12-17(23)22(14)18)19(16-10-6-3-7-11-16)21(24)25-13-15-8-4-2-5-9-15/h2-11,14,18H,12-13H2,1H3/b20-19+. The molecule has 1 amide bonds. The fourth-order valence-corrected chi connectivity index (χ4v) is 3.37. The molecule has 0 saturated carbocycles. The minimum atomic E-state index is -0.447. The third-order valence-corrected chi connectivity index (χ3v) is 4.73. The predicted molar refractivity (Wildman–Crippen MR) is 95.4 cm³/mol. The molecular weight excluding hydrogens is 330 g/mol. The van der Waals surface area contributed by atoms with E-state index in [4.69, 9.17) is 9.47 Å². The van der Waals surface area contributed by atoms with E-state index >= 15 is 0 Å². The van der Waals surface area contributed by atoms with Gasteiger partial charge in [0.1, 0.15) is 17.9 Å². The molecule has 2 unspecified atom stereocenters. The van der Waals surface area contributed by atoms with Gasteiger partial charge in [0.2, 0.25) is 5.91 Å². The lowest BCUT2D eigenvalue weighted by atomic mass is 10.0. The molecule has 0 spiro atoms. The van der Waals surface area contributed by atoms with Gasteiger partial charge < -0.3 is 9.47 Å². The second kappa shape index (κ2) is 6.67. The van der Waals surface area contributed by atoms with E-state index in [0.717, 1.165) is 11.1 Å². The third-order valence-electron chi connectivity index (χ3n) is 4.73. The summed E-state index contributed by atoms with van der Waals surface area (Å²) < 4.78 is 11.5. The second-order valence-corrected chi connectivity index (χ2v) is 6.42. The van der Waals surface area contributed by atoms with Gasteiger partial charge in [0, 0.05) is 0 Å². The van der Waals surface area contributed by atoms with Gasteiger partial charge in [-0.15, -0.1) is 0 Å². The Morgan fingerprint density at radius 2 is 1.77 bits per heavy atom. The summed E-state index contributed by atoms with van der Waals surface area (Å²) in [6.07, 6.45) is 0.0859. The third kappa shape index (κ3) is 2.86. The molecule has 2 aromatic carbocycles. The lowest BCUT2D eigenvalue weighted by molar-refractivity contribution is -0.156. The number of hydrogen-bond donors (Lipinski definition) is 0.